The molecule has 1 saturated heterocycles. The van der Waals surface area contributed by atoms with Gasteiger partial charge in [0.1, 0.15) is 18.7 Å². The van der Waals surface area contributed by atoms with E-state index in [4.69, 9.17) is 4.74 Å². The molecule has 0 atom stereocenters. The van der Waals surface area contributed by atoms with E-state index in [1.807, 2.05) is 0 Å². The predicted octanol–water partition coefficient (Wildman–Crippen LogP) is 1.89. The van der Waals surface area contributed by atoms with E-state index in [0.29, 0.717) is 18.4 Å². The fourth-order valence-corrected chi connectivity index (χ4v) is 3.41. The molecule has 9 nitrogen and oxygen atoms in total. The lowest BCUT2D eigenvalue weighted by Crippen LogP contribution is -2.48. The van der Waals surface area contributed by atoms with Crippen LogP contribution in [0.3, 0.4) is 0 Å². The highest BCUT2D eigenvalue weighted by Gasteiger charge is 2.51. The molecular formula is C17H19N3O6. The van der Waals surface area contributed by atoms with E-state index in [0.717, 1.165) is 24.2 Å². The summed E-state index contributed by atoms with van der Waals surface area (Å²) in [4.78, 5) is 47.8. The standard InChI is InChI=1S/C17H19N3O6/c21-14(26-11-12-5-4-6-13(9-12)20(24)25)10-19-15(22)17(18-16(19)23)7-2-1-3-8-17/h4-6,9H,1-3,7-8,10-11H2,(H,18,23). The number of carbonyl (C=O) groups excluding carboxylic acids is 3. The highest BCUT2D eigenvalue weighted by Crippen LogP contribution is 2.33. The topological polar surface area (TPSA) is 119 Å². The van der Waals surface area contributed by atoms with E-state index in [2.05, 4.69) is 5.32 Å². The molecule has 3 amide bonds. The van der Waals surface area contributed by atoms with Crippen molar-refractivity contribution in [2.45, 2.75) is 44.2 Å². The first-order chi connectivity index (χ1) is 12.4. The molecule has 1 heterocycles. The van der Waals surface area contributed by atoms with Crippen LogP contribution in [0.25, 0.3) is 0 Å². The van der Waals surface area contributed by atoms with Crippen molar-refractivity contribution in [3.8, 4) is 0 Å². The molecule has 0 bridgehead atoms. The van der Waals surface area contributed by atoms with Gasteiger partial charge in [-0.05, 0) is 18.4 Å². The van der Waals surface area contributed by atoms with Gasteiger partial charge >= 0.3 is 12.0 Å². The number of esters is 1. The molecule has 1 aliphatic heterocycles. The molecule has 26 heavy (non-hydrogen) atoms. The van der Waals surface area contributed by atoms with Crippen molar-refractivity contribution in [3.63, 3.8) is 0 Å². The molecule has 3 rings (SSSR count). The number of rotatable bonds is 5. The molecule has 2 aliphatic rings. The zero-order valence-electron chi connectivity index (χ0n) is 14.1. The average molecular weight is 361 g/mol. The van der Waals surface area contributed by atoms with Crippen LogP contribution in [0.2, 0.25) is 0 Å². The van der Waals surface area contributed by atoms with Crippen LogP contribution in [0.5, 0.6) is 0 Å². The third-order valence-electron chi connectivity index (χ3n) is 4.76. The Morgan fingerprint density at radius 1 is 1.27 bits per heavy atom. The molecule has 2 fully saturated rings. The number of urea groups is 1. The molecule has 1 N–H and O–H groups in total. The van der Waals surface area contributed by atoms with Gasteiger partial charge in [0, 0.05) is 12.1 Å². The van der Waals surface area contributed by atoms with Crippen molar-refractivity contribution < 1.29 is 24.0 Å². The van der Waals surface area contributed by atoms with E-state index in [-0.39, 0.29) is 18.2 Å². The number of amides is 3. The van der Waals surface area contributed by atoms with Crippen LogP contribution in [0.1, 0.15) is 37.7 Å². The lowest BCUT2D eigenvalue weighted by Gasteiger charge is -2.30. The number of hydrogen-bond acceptors (Lipinski definition) is 6. The Hall–Kier alpha value is -2.97. The first-order valence-electron chi connectivity index (χ1n) is 8.44. The Morgan fingerprint density at radius 2 is 2.00 bits per heavy atom. The second-order valence-electron chi connectivity index (χ2n) is 6.55. The molecule has 0 unspecified atom stereocenters. The maximum atomic E-state index is 12.6. The van der Waals surface area contributed by atoms with E-state index < -0.39 is 29.0 Å². The molecular weight excluding hydrogens is 342 g/mol. The van der Waals surface area contributed by atoms with Gasteiger partial charge in [0.25, 0.3) is 11.6 Å². The van der Waals surface area contributed by atoms with Gasteiger partial charge in [-0.25, -0.2) is 4.79 Å². The number of non-ortho nitro benzene ring substituents is 1. The van der Waals surface area contributed by atoms with Crippen LogP contribution < -0.4 is 5.32 Å². The number of carbonyl (C=O) groups is 3. The summed E-state index contributed by atoms with van der Waals surface area (Å²) in [6.07, 6.45) is 3.90. The summed E-state index contributed by atoms with van der Waals surface area (Å²) >= 11 is 0. The highest BCUT2D eigenvalue weighted by atomic mass is 16.6. The fourth-order valence-electron chi connectivity index (χ4n) is 3.41. The first kappa shape index (κ1) is 17.8. The van der Waals surface area contributed by atoms with Crippen LogP contribution >= 0.6 is 0 Å². The number of nitrogens with one attached hydrogen (secondary N) is 1. The average Bonchev–Trinajstić information content (AvgIpc) is 2.85. The lowest BCUT2D eigenvalue weighted by molar-refractivity contribution is -0.384. The number of ether oxygens (including phenoxy) is 1. The molecule has 0 radical (unpaired) electrons. The Bertz CT molecular complexity index is 757. The Kier molecular flexibility index (Phi) is 4.88. The Balaban J connectivity index is 1.58. The Labute approximate surface area is 149 Å². The van der Waals surface area contributed by atoms with Crippen LogP contribution in [0.4, 0.5) is 10.5 Å². The number of nitrogens with zero attached hydrogens (tertiary/aromatic N) is 2. The Morgan fingerprint density at radius 3 is 2.69 bits per heavy atom. The minimum Gasteiger partial charge on any atom is -0.459 e. The van der Waals surface area contributed by atoms with Crippen molar-refractivity contribution in [1.82, 2.24) is 10.2 Å². The van der Waals surface area contributed by atoms with Crippen LogP contribution in [-0.2, 0) is 20.9 Å². The first-order valence-corrected chi connectivity index (χ1v) is 8.44. The van der Waals surface area contributed by atoms with Crippen molar-refractivity contribution in [2.24, 2.45) is 0 Å². The summed E-state index contributed by atoms with van der Waals surface area (Å²) in [7, 11) is 0. The van der Waals surface area contributed by atoms with Crippen LogP contribution in [0, 0.1) is 10.1 Å². The maximum absolute atomic E-state index is 12.6. The minimum atomic E-state index is -0.879. The second-order valence-corrected chi connectivity index (χ2v) is 6.55. The SMILES string of the molecule is O=C(CN1C(=O)NC2(CCCCC2)C1=O)OCc1cccc([N+](=O)[O-])c1. The molecule has 1 spiro atoms. The third kappa shape index (κ3) is 3.51. The molecule has 9 heteroatoms. The summed E-state index contributed by atoms with van der Waals surface area (Å²) < 4.78 is 5.06. The maximum Gasteiger partial charge on any atom is 0.326 e. The van der Waals surface area contributed by atoms with E-state index in [1.54, 1.807) is 6.07 Å². The van der Waals surface area contributed by atoms with Gasteiger partial charge in [0.2, 0.25) is 0 Å². The minimum absolute atomic E-state index is 0.105. The van der Waals surface area contributed by atoms with Crippen molar-refractivity contribution in [2.75, 3.05) is 6.54 Å². The zero-order valence-corrected chi connectivity index (χ0v) is 14.1. The van der Waals surface area contributed by atoms with Gasteiger partial charge < -0.3 is 10.1 Å². The second kappa shape index (κ2) is 7.11. The van der Waals surface area contributed by atoms with Crippen molar-refractivity contribution in [1.29, 1.82) is 0 Å². The largest absolute Gasteiger partial charge is 0.459 e. The monoisotopic (exact) mass is 361 g/mol. The quantitative estimate of drug-likeness (QED) is 0.370. The molecule has 1 aromatic carbocycles. The van der Waals surface area contributed by atoms with Gasteiger partial charge in [-0.1, -0.05) is 31.4 Å². The van der Waals surface area contributed by atoms with Crippen molar-refractivity contribution >= 4 is 23.6 Å². The molecule has 1 aliphatic carbocycles. The smallest absolute Gasteiger partial charge is 0.326 e. The van der Waals surface area contributed by atoms with Gasteiger partial charge in [-0.2, -0.15) is 0 Å². The van der Waals surface area contributed by atoms with Crippen molar-refractivity contribution in [3.05, 3.63) is 39.9 Å². The van der Waals surface area contributed by atoms with Crippen LogP contribution in [-0.4, -0.2) is 39.8 Å². The number of nitro groups is 1. The normalized spacial score (nSPS) is 18.7. The number of benzene rings is 1. The van der Waals surface area contributed by atoms with Gasteiger partial charge in [-0.3, -0.25) is 24.6 Å². The summed E-state index contributed by atoms with van der Waals surface area (Å²) in [5.74, 6) is -1.12. The summed E-state index contributed by atoms with van der Waals surface area (Å²) in [5, 5.41) is 13.5. The molecule has 1 aromatic rings. The summed E-state index contributed by atoms with van der Waals surface area (Å²) in [6, 6.07) is 5.14. The predicted molar refractivity (Wildman–Crippen MR) is 89.0 cm³/mol. The third-order valence-corrected chi connectivity index (χ3v) is 4.76. The van der Waals surface area contributed by atoms with E-state index >= 15 is 0 Å². The highest BCUT2D eigenvalue weighted by molar-refractivity contribution is 6.08. The number of imide groups is 1. The van der Waals surface area contributed by atoms with E-state index in [1.165, 1.54) is 18.2 Å². The molecule has 138 valence electrons. The summed E-state index contributed by atoms with van der Waals surface area (Å²) in [5.41, 5.74) is -0.532. The fraction of sp³-hybridized carbons (Fsp3) is 0.471. The zero-order chi connectivity index (χ0) is 18.7. The van der Waals surface area contributed by atoms with E-state index in [9.17, 15) is 24.5 Å². The van der Waals surface area contributed by atoms with Gasteiger partial charge in [-0.15, -0.1) is 0 Å². The van der Waals surface area contributed by atoms with Gasteiger partial charge in [0.15, 0.2) is 0 Å². The molecule has 1 saturated carbocycles. The van der Waals surface area contributed by atoms with Crippen LogP contribution in [0.15, 0.2) is 24.3 Å². The lowest BCUT2D eigenvalue weighted by atomic mass is 9.82. The summed E-state index contributed by atoms with van der Waals surface area (Å²) in [6.45, 7) is -0.642. The van der Waals surface area contributed by atoms with Gasteiger partial charge in [0.05, 0.1) is 4.92 Å². The number of nitro benzene ring substituents is 1. The number of hydrogen-bond donors (Lipinski definition) is 1. The molecule has 0 aromatic heterocycles.